The third kappa shape index (κ3) is 2.86. The van der Waals surface area contributed by atoms with E-state index in [2.05, 4.69) is 16.4 Å². The highest BCUT2D eigenvalue weighted by Gasteiger charge is 2.24. The van der Waals surface area contributed by atoms with Gasteiger partial charge in [-0.15, -0.1) is 0 Å². The lowest BCUT2D eigenvalue weighted by molar-refractivity contribution is 0.358. The lowest BCUT2D eigenvalue weighted by atomic mass is 10.0. The standard InChI is InChI=1S/C10H16N4/c1-9(2)13-10(3,6-11)7-14-5-4-12-8-14/h4-5,8-9,13H,7H2,1-3H3. The quantitative estimate of drug-likeness (QED) is 0.779. The molecule has 1 heterocycles. The van der Waals surface area contributed by atoms with E-state index in [9.17, 15) is 0 Å². The van der Waals surface area contributed by atoms with Gasteiger partial charge in [0.1, 0.15) is 5.54 Å². The van der Waals surface area contributed by atoms with Crippen LogP contribution in [0.15, 0.2) is 18.7 Å². The summed E-state index contributed by atoms with van der Waals surface area (Å²) < 4.78 is 1.90. The van der Waals surface area contributed by atoms with Crippen molar-refractivity contribution >= 4 is 0 Å². The third-order valence-electron chi connectivity index (χ3n) is 1.91. The Morgan fingerprint density at radius 2 is 2.36 bits per heavy atom. The maximum atomic E-state index is 9.09. The SMILES string of the molecule is CC(C)NC(C)(C#N)Cn1ccnc1. The average molecular weight is 192 g/mol. The van der Waals surface area contributed by atoms with Gasteiger partial charge in [-0.05, 0) is 20.8 Å². The molecule has 0 saturated carbocycles. The van der Waals surface area contributed by atoms with E-state index >= 15 is 0 Å². The van der Waals surface area contributed by atoms with Crippen molar-refractivity contribution in [3.63, 3.8) is 0 Å². The van der Waals surface area contributed by atoms with E-state index in [1.807, 2.05) is 31.5 Å². The molecule has 1 aromatic heterocycles. The Morgan fingerprint density at radius 3 is 2.79 bits per heavy atom. The lowest BCUT2D eigenvalue weighted by Crippen LogP contribution is -2.47. The average Bonchev–Trinajstić information content (AvgIpc) is 2.55. The van der Waals surface area contributed by atoms with Crippen molar-refractivity contribution in [3.8, 4) is 6.07 Å². The van der Waals surface area contributed by atoms with Crippen LogP contribution in [0.25, 0.3) is 0 Å². The molecule has 0 aliphatic rings. The summed E-state index contributed by atoms with van der Waals surface area (Å²) in [4.78, 5) is 3.95. The first-order valence-corrected chi connectivity index (χ1v) is 4.70. The number of hydrogen-bond donors (Lipinski definition) is 1. The maximum Gasteiger partial charge on any atom is 0.122 e. The predicted molar refractivity (Wildman–Crippen MR) is 54.5 cm³/mol. The molecule has 0 amide bonds. The van der Waals surface area contributed by atoms with E-state index in [-0.39, 0.29) is 0 Å². The van der Waals surface area contributed by atoms with Crippen LogP contribution >= 0.6 is 0 Å². The van der Waals surface area contributed by atoms with E-state index < -0.39 is 5.54 Å². The van der Waals surface area contributed by atoms with E-state index in [0.29, 0.717) is 12.6 Å². The Bertz CT molecular complexity index is 309. The molecule has 0 aromatic carbocycles. The van der Waals surface area contributed by atoms with E-state index in [4.69, 9.17) is 5.26 Å². The smallest absolute Gasteiger partial charge is 0.122 e. The molecule has 1 aromatic rings. The number of rotatable bonds is 4. The highest BCUT2D eigenvalue weighted by Crippen LogP contribution is 2.07. The fourth-order valence-electron chi connectivity index (χ4n) is 1.50. The third-order valence-corrected chi connectivity index (χ3v) is 1.91. The second-order valence-electron chi connectivity index (χ2n) is 3.98. The Hall–Kier alpha value is -1.34. The van der Waals surface area contributed by atoms with Gasteiger partial charge in [0, 0.05) is 18.4 Å². The zero-order valence-corrected chi connectivity index (χ0v) is 8.86. The first-order valence-electron chi connectivity index (χ1n) is 4.70. The number of aromatic nitrogens is 2. The van der Waals surface area contributed by atoms with Gasteiger partial charge < -0.3 is 4.57 Å². The molecule has 0 saturated heterocycles. The Morgan fingerprint density at radius 1 is 1.64 bits per heavy atom. The topological polar surface area (TPSA) is 53.6 Å². The molecular weight excluding hydrogens is 176 g/mol. The van der Waals surface area contributed by atoms with E-state index in [1.54, 1.807) is 12.5 Å². The molecule has 1 atom stereocenters. The maximum absolute atomic E-state index is 9.09. The van der Waals surface area contributed by atoms with Crippen LogP contribution in [0.3, 0.4) is 0 Å². The van der Waals surface area contributed by atoms with Gasteiger partial charge >= 0.3 is 0 Å². The summed E-state index contributed by atoms with van der Waals surface area (Å²) in [5, 5.41) is 12.3. The van der Waals surface area contributed by atoms with Gasteiger partial charge in [0.2, 0.25) is 0 Å². The number of nitriles is 1. The number of hydrogen-bond acceptors (Lipinski definition) is 3. The molecular formula is C10H16N4. The number of imidazole rings is 1. The molecule has 0 aliphatic heterocycles. The molecule has 76 valence electrons. The van der Waals surface area contributed by atoms with Crippen LogP contribution in [0.2, 0.25) is 0 Å². The molecule has 0 aliphatic carbocycles. The summed E-state index contributed by atoms with van der Waals surface area (Å²) in [7, 11) is 0. The van der Waals surface area contributed by atoms with Crippen LogP contribution in [0.4, 0.5) is 0 Å². The number of nitrogens with one attached hydrogen (secondary N) is 1. The molecule has 1 rings (SSSR count). The zero-order chi connectivity index (χ0) is 10.6. The largest absolute Gasteiger partial charge is 0.335 e. The van der Waals surface area contributed by atoms with E-state index in [1.165, 1.54) is 0 Å². The van der Waals surface area contributed by atoms with Crippen molar-refractivity contribution < 1.29 is 0 Å². The van der Waals surface area contributed by atoms with Crippen LogP contribution < -0.4 is 5.32 Å². The molecule has 0 radical (unpaired) electrons. The fourth-order valence-corrected chi connectivity index (χ4v) is 1.50. The van der Waals surface area contributed by atoms with Gasteiger partial charge in [-0.1, -0.05) is 0 Å². The second kappa shape index (κ2) is 4.25. The Balaban J connectivity index is 2.67. The summed E-state index contributed by atoms with van der Waals surface area (Å²) in [6.07, 6.45) is 5.29. The van der Waals surface area contributed by atoms with Crippen molar-refractivity contribution in [3.05, 3.63) is 18.7 Å². The second-order valence-corrected chi connectivity index (χ2v) is 3.98. The minimum Gasteiger partial charge on any atom is -0.335 e. The molecule has 14 heavy (non-hydrogen) atoms. The summed E-state index contributed by atoms with van der Waals surface area (Å²) >= 11 is 0. The molecule has 1 unspecified atom stereocenters. The first kappa shape index (κ1) is 10.7. The van der Waals surface area contributed by atoms with Crippen LogP contribution in [0.5, 0.6) is 0 Å². The van der Waals surface area contributed by atoms with Crippen molar-refractivity contribution in [1.29, 1.82) is 5.26 Å². The minimum atomic E-state index is -0.533. The summed E-state index contributed by atoms with van der Waals surface area (Å²) in [5.41, 5.74) is -0.533. The summed E-state index contributed by atoms with van der Waals surface area (Å²) in [6.45, 7) is 6.57. The van der Waals surface area contributed by atoms with Gasteiger partial charge in [0.25, 0.3) is 0 Å². The normalized spacial score (nSPS) is 15.1. The lowest BCUT2D eigenvalue weighted by Gasteiger charge is -2.26. The van der Waals surface area contributed by atoms with Crippen LogP contribution in [-0.4, -0.2) is 21.1 Å². The Labute approximate surface area is 84.6 Å². The highest BCUT2D eigenvalue weighted by molar-refractivity contribution is 5.04. The van der Waals surface area contributed by atoms with Gasteiger partial charge in [-0.25, -0.2) is 4.98 Å². The molecule has 0 bridgehead atoms. The van der Waals surface area contributed by atoms with Crippen molar-refractivity contribution in [2.24, 2.45) is 0 Å². The van der Waals surface area contributed by atoms with Crippen molar-refractivity contribution in [2.75, 3.05) is 0 Å². The van der Waals surface area contributed by atoms with Crippen molar-refractivity contribution in [1.82, 2.24) is 14.9 Å². The molecule has 0 fully saturated rings. The Kier molecular flexibility index (Phi) is 3.26. The fraction of sp³-hybridized carbons (Fsp3) is 0.600. The summed E-state index contributed by atoms with van der Waals surface area (Å²) in [6, 6.07) is 2.58. The number of nitrogens with zero attached hydrogens (tertiary/aromatic N) is 3. The predicted octanol–water partition coefficient (Wildman–Crippen LogP) is 1.16. The zero-order valence-electron chi connectivity index (χ0n) is 8.86. The molecule has 1 N–H and O–H groups in total. The van der Waals surface area contributed by atoms with E-state index in [0.717, 1.165) is 0 Å². The van der Waals surface area contributed by atoms with Crippen LogP contribution in [-0.2, 0) is 6.54 Å². The van der Waals surface area contributed by atoms with Gasteiger partial charge in [-0.3, -0.25) is 5.32 Å². The molecule has 0 spiro atoms. The molecule has 4 nitrogen and oxygen atoms in total. The van der Waals surface area contributed by atoms with Gasteiger partial charge in [-0.2, -0.15) is 5.26 Å². The van der Waals surface area contributed by atoms with Gasteiger partial charge in [0.05, 0.1) is 18.9 Å². The first-order chi connectivity index (χ1) is 6.56. The van der Waals surface area contributed by atoms with Crippen LogP contribution in [0, 0.1) is 11.3 Å². The van der Waals surface area contributed by atoms with Crippen LogP contribution in [0.1, 0.15) is 20.8 Å². The minimum absolute atomic E-state index is 0.295. The summed E-state index contributed by atoms with van der Waals surface area (Å²) in [5.74, 6) is 0. The van der Waals surface area contributed by atoms with Gasteiger partial charge in [0.15, 0.2) is 0 Å². The monoisotopic (exact) mass is 192 g/mol. The van der Waals surface area contributed by atoms with Crippen molar-refractivity contribution in [2.45, 2.75) is 38.9 Å². The highest BCUT2D eigenvalue weighted by atomic mass is 15.1. The molecule has 4 heteroatoms.